The van der Waals surface area contributed by atoms with Gasteiger partial charge in [0.15, 0.2) is 0 Å². The maximum Gasteiger partial charge on any atom is 0.315 e. The molecule has 1 fully saturated rings. The minimum absolute atomic E-state index is 0.101. The third-order valence-electron chi connectivity index (χ3n) is 4.57. The molecule has 2 aromatic rings. The summed E-state index contributed by atoms with van der Waals surface area (Å²) in [5, 5.41) is 15.5. The van der Waals surface area contributed by atoms with Gasteiger partial charge in [-0.1, -0.05) is 48.5 Å². The van der Waals surface area contributed by atoms with E-state index in [-0.39, 0.29) is 18.7 Å². The zero-order valence-corrected chi connectivity index (χ0v) is 14.3. The van der Waals surface area contributed by atoms with E-state index >= 15 is 0 Å². The van der Waals surface area contributed by atoms with E-state index in [2.05, 4.69) is 27.7 Å². The molecule has 0 radical (unpaired) electrons. The van der Waals surface area contributed by atoms with Gasteiger partial charge in [-0.15, -0.1) is 0 Å². The van der Waals surface area contributed by atoms with Gasteiger partial charge in [0.1, 0.15) is 0 Å². The number of aliphatic hydroxyl groups is 1. The molecule has 0 bridgehead atoms. The molecule has 2 atom stereocenters. The van der Waals surface area contributed by atoms with Crippen molar-refractivity contribution in [2.45, 2.75) is 24.9 Å². The van der Waals surface area contributed by atoms with E-state index < -0.39 is 6.04 Å². The van der Waals surface area contributed by atoms with Gasteiger partial charge in [-0.3, -0.25) is 0 Å². The molecule has 0 aliphatic carbocycles. The monoisotopic (exact) mass is 339 g/mol. The summed E-state index contributed by atoms with van der Waals surface area (Å²) in [6.45, 7) is 1.68. The van der Waals surface area contributed by atoms with Crippen LogP contribution in [-0.4, -0.2) is 36.9 Å². The molecule has 1 aliphatic rings. The number of amides is 2. The van der Waals surface area contributed by atoms with Gasteiger partial charge in [0, 0.05) is 24.8 Å². The molecule has 2 amide bonds. The molecule has 132 valence electrons. The van der Waals surface area contributed by atoms with Crippen molar-refractivity contribution in [2.24, 2.45) is 0 Å². The zero-order valence-electron chi connectivity index (χ0n) is 14.3. The Kier molecular flexibility index (Phi) is 5.90. The summed E-state index contributed by atoms with van der Waals surface area (Å²) in [6, 6.07) is 19.3. The van der Waals surface area contributed by atoms with Crippen LogP contribution in [0.5, 0.6) is 0 Å². The fraction of sp³-hybridized carbons (Fsp3) is 0.350. The quantitative estimate of drug-likeness (QED) is 0.785. The molecule has 0 saturated carbocycles. The summed E-state index contributed by atoms with van der Waals surface area (Å²) in [5.41, 5.74) is 2.08. The molecular formula is C20H25N3O2. The Morgan fingerprint density at radius 3 is 2.48 bits per heavy atom. The van der Waals surface area contributed by atoms with E-state index in [1.165, 1.54) is 5.69 Å². The van der Waals surface area contributed by atoms with Crippen molar-refractivity contribution in [1.82, 2.24) is 10.6 Å². The number of nitrogens with zero attached hydrogens (tertiary/aromatic N) is 1. The third-order valence-corrected chi connectivity index (χ3v) is 4.57. The first-order valence-corrected chi connectivity index (χ1v) is 8.79. The van der Waals surface area contributed by atoms with Crippen LogP contribution < -0.4 is 15.5 Å². The van der Waals surface area contributed by atoms with Gasteiger partial charge in [0.2, 0.25) is 0 Å². The fourth-order valence-corrected chi connectivity index (χ4v) is 3.27. The first-order valence-electron chi connectivity index (χ1n) is 8.79. The lowest BCUT2D eigenvalue weighted by atomic mass is 10.0. The van der Waals surface area contributed by atoms with Gasteiger partial charge in [-0.2, -0.15) is 0 Å². The lowest BCUT2D eigenvalue weighted by Crippen LogP contribution is -2.51. The lowest BCUT2D eigenvalue weighted by Gasteiger charge is -2.35. The number of piperidine rings is 1. The van der Waals surface area contributed by atoms with E-state index in [0.29, 0.717) is 0 Å². The highest BCUT2D eigenvalue weighted by Gasteiger charge is 2.22. The van der Waals surface area contributed by atoms with Crippen molar-refractivity contribution in [3.8, 4) is 0 Å². The van der Waals surface area contributed by atoms with Crippen molar-refractivity contribution in [2.75, 3.05) is 24.6 Å². The number of anilines is 1. The number of nitrogens with one attached hydrogen (secondary N) is 2. The van der Waals surface area contributed by atoms with Crippen LogP contribution in [-0.2, 0) is 0 Å². The van der Waals surface area contributed by atoms with Crippen LogP contribution in [0.3, 0.4) is 0 Å². The number of hydrogen-bond acceptors (Lipinski definition) is 3. The van der Waals surface area contributed by atoms with E-state index in [4.69, 9.17) is 0 Å². The van der Waals surface area contributed by atoms with Crippen molar-refractivity contribution in [1.29, 1.82) is 0 Å². The van der Waals surface area contributed by atoms with Gasteiger partial charge in [0.05, 0.1) is 12.6 Å². The second-order valence-corrected chi connectivity index (χ2v) is 6.38. The van der Waals surface area contributed by atoms with E-state index in [9.17, 15) is 9.90 Å². The normalized spacial score (nSPS) is 18.4. The average Bonchev–Trinajstić information content (AvgIpc) is 2.68. The largest absolute Gasteiger partial charge is 0.394 e. The molecule has 1 heterocycles. The number of benzene rings is 2. The molecule has 25 heavy (non-hydrogen) atoms. The minimum atomic E-state index is -0.394. The standard InChI is InChI=1S/C20H25N3O2/c24-15-19(16-8-3-1-4-9-16)22-20(25)21-17-10-7-13-23(14-17)18-11-5-2-6-12-18/h1-6,8-9,11-12,17,19,24H,7,10,13-15H2,(H2,21,22,25). The second kappa shape index (κ2) is 8.53. The molecule has 2 unspecified atom stereocenters. The molecule has 5 heteroatoms. The zero-order chi connectivity index (χ0) is 17.5. The molecule has 5 nitrogen and oxygen atoms in total. The van der Waals surface area contributed by atoms with Crippen molar-refractivity contribution >= 4 is 11.7 Å². The number of aliphatic hydroxyl groups excluding tert-OH is 1. The van der Waals surface area contributed by atoms with Gasteiger partial charge in [0.25, 0.3) is 0 Å². The van der Waals surface area contributed by atoms with E-state index in [0.717, 1.165) is 31.5 Å². The summed E-state index contributed by atoms with van der Waals surface area (Å²) in [6.07, 6.45) is 2.01. The van der Waals surface area contributed by atoms with Crippen molar-refractivity contribution < 1.29 is 9.90 Å². The van der Waals surface area contributed by atoms with Crippen LogP contribution in [0.25, 0.3) is 0 Å². The maximum absolute atomic E-state index is 12.3. The van der Waals surface area contributed by atoms with Gasteiger partial charge in [-0.05, 0) is 30.5 Å². The lowest BCUT2D eigenvalue weighted by molar-refractivity contribution is 0.212. The minimum Gasteiger partial charge on any atom is -0.394 e. The Bertz CT molecular complexity index is 663. The first kappa shape index (κ1) is 17.3. The molecule has 2 aromatic carbocycles. The molecule has 1 saturated heterocycles. The summed E-state index contributed by atoms with van der Waals surface area (Å²) in [7, 11) is 0. The van der Waals surface area contributed by atoms with Gasteiger partial charge in [-0.25, -0.2) is 4.79 Å². The van der Waals surface area contributed by atoms with Crippen LogP contribution in [0, 0.1) is 0 Å². The van der Waals surface area contributed by atoms with Crippen LogP contribution in [0.4, 0.5) is 10.5 Å². The summed E-state index contributed by atoms with van der Waals surface area (Å²) in [4.78, 5) is 14.6. The Morgan fingerprint density at radius 1 is 1.12 bits per heavy atom. The van der Waals surface area contributed by atoms with E-state index in [1.54, 1.807) is 0 Å². The number of rotatable bonds is 5. The fourth-order valence-electron chi connectivity index (χ4n) is 3.27. The van der Waals surface area contributed by atoms with Crippen LogP contribution in [0.1, 0.15) is 24.4 Å². The number of urea groups is 1. The van der Waals surface area contributed by atoms with Gasteiger partial charge >= 0.3 is 6.03 Å². The van der Waals surface area contributed by atoms with Gasteiger partial charge < -0.3 is 20.6 Å². The Morgan fingerprint density at radius 2 is 1.80 bits per heavy atom. The van der Waals surface area contributed by atoms with E-state index in [1.807, 2.05) is 48.5 Å². The van der Waals surface area contributed by atoms with Crippen molar-refractivity contribution in [3.63, 3.8) is 0 Å². The van der Waals surface area contributed by atoms with Crippen molar-refractivity contribution in [3.05, 3.63) is 66.2 Å². The third kappa shape index (κ3) is 4.73. The van der Waals surface area contributed by atoms with Crippen LogP contribution in [0.15, 0.2) is 60.7 Å². The Labute approximate surface area is 148 Å². The number of para-hydroxylation sites is 1. The smallest absolute Gasteiger partial charge is 0.315 e. The molecule has 0 spiro atoms. The second-order valence-electron chi connectivity index (χ2n) is 6.38. The first-order chi connectivity index (χ1) is 12.3. The highest BCUT2D eigenvalue weighted by atomic mass is 16.3. The topological polar surface area (TPSA) is 64.6 Å². The molecular weight excluding hydrogens is 314 g/mol. The summed E-state index contributed by atoms with van der Waals surface area (Å²) >= 11 is 0. The highest BCUT2D eigenvalue weighted by Crippen LogP contribution is 2.19. The summed E-state index contributed by atoms with van der Waals surface area (Å²) < 4.78 is 0. The Balaban J connectivity index is 1.55. The predicted octanol–water partition coefficient (Wildman–Crippen LogP) is 2.69. The Hall–Kier alpha value is -2.53. The number of carbonyl (C=O) groups excluding carboxylic acids is 1. The predicted molar refractivity (Wildman–Crippen MR) is 99.6 cm³/mol. The van der Waals surface area contributed by atoms with Crippen LogP contribution in [0.2, 0.25) is 0 Å². The highest BCUT2D eigenvalue weighted by molar-refractivity contribution is 5.75. The number of carbonyl (C=O) groups is 1. The molecule has 1 aliphatic heterocycles. The number of hydrogen-bond donors (Lipinski definition) is 3. The average molecular weight is 339 g/mol. The maximum atomic E-state index is 12.3. The molecule has 0 aromatic heterocycles. The summed E-state index contributed by atoms with van der Waals surface area (Å²) in [5.74, 6) is 0. The SMILES string of the molecule is O=C(NC1CCCN(c2ccccc2)C1)NC(CO)c1ccccc1. The van der Waals surface area contributed by atoms with Crippen LogP contribution >= 0.6 is 0 Å². The molecule has 3 N–H and O–H groups in total. The molecule has 3 rings (SSSR count).